The molecule has 0 aliphatic carbocycles. The summed E-state index contributed by atoms with van der Waals surface area (Å²) in [6.07, 6.45) is 1.17. The highest BCUT2D eigenvalue weighted by Crippen LogP contribution is 2.20. The van der Waals surface area contributed by atoms with Gasteiger partial charge in [-0.1, -0.05) is 6.92 Å². The molecule has 0 spiro atoms. The molecule has 25 heavy (non-hydrogen) atoms. The maximum Gasteiger partial charge on any atom is 0.243 e. The van der Waals surface area contributed by atoms with Crippen molar-refractivity contribution in [1.82, 2.24) is 5.32 Å². The van der Waals surface area contributed by atoms with Crippen LogP contribution in [0.2, 0.25) is 0 Å². The number of benzene rings is 2. The fourth-order valence-corrected chi connectivity index (χ4v) is 1.97. The zero-order valence-corrected chi connectivity index (χ0v) is 14.0. The summed E-state index contributed by atoms with van der Waals surface area (Å²) in [4.78, 5) is 23.1. The van der Waals surface area contributed by atoms with Crippen molar-refractivity contribution < 1.29 is 9.59 Å². The van der Waals surface area contributed by atoms with E-state index in [4.69, 9.17) is 5.73 Å². The quantitative estimate of drug-likeness (QED) is 0.530. The van der Waals surface area contributed by atoms with Crippen LogP contribution in [-0.2, 0) is 9.59 Å². The van der Waals surface area contributed by atoms with Crippen molar-refractivity contribution in [2.24, 2.45) is 10.2 Å². The van der Waals surface area contributed by atoms with Crippen molar-refractivity contribution >= 4 is 34.6 Å². The van der Waals surface area contributed by atoms with Crippen LogP contribution in [0.15, 0.2) is 58.8 Å². The topological polar surface area (TPSA) is 109 Å². The molecule has 0 aliphatic rings. The Labute approximate surface area is 146 Å². The largest absolute Gasteiger partial charge is 0.399 e. The van der Waals surface area contributed by atoms with E-state index in [0.29, 0.717) is 29.2 Å². The average Bonchev–Trinajstić information content (AvgIpc) is 2.61. The predicted octanol–water partition coefficient (Wildman–Crippen LogP) is 3.54. The van der Waals surface area contributed by atoms with Crippen molar-refractivity contribution in [3.8, 4) is 0 Å². The first-order valence-electron chi connectivity index (χ1n) is 8.00. The molecule has 7 nitrogen and oxygen atoms in total. The molecule has 0 atom stereocenters. The summed E-state index contributed by atoms with van der Waals surface area (Å²) in [5.41, 5.74) is 8.27. The van der Waals surface area contributed by atoms with E-state index in [1.807, 2.05) is 6.92 Å². The second-order valence-electron chi connectivity index (χ2n) is 5.41. The molecule has 2 amide bonds. The van der Waals surface area contributed by atoms with Gasteiger partial charge < -0.3 is 16.4 Å². The lowest BCUT2D eigenvalue weighted by Gasteiger charge is -2.06. The summed E-state index contributed by atoms with van der Waals surface area (Å²) < 4.78 is 0. The van der Waals surface area contributed by atoms with Crippen LogP contribution in [0.4, 0.5) is 22.7 Å². The zero-order valence-electron chi connectivity index (χ0n) is 14.0. The minimum atomic E-state index is -0.277. The van der Waals surface area contributed by atoms with Gasteiger partial charge in [-0.3, -0.25) is 9.59 Å². The van der Waals surface area contributed by atoms with E-state index >= 15 is 0 Å². The third-order valence-corrected chi connectivity index (χ3v) is 3.25. The number of rotatable bonds is 7. The zero-order chi connectivity index (χ0) is 18.1. The molecular formula is C18H21N5O2. The lowest BCUT2D eigenvalue weighted by Crippen LogP contribution is -2.32. The highest BCUT2D eigenvalue weighted by atomic mass is 16.2. The fraction of sp³-hybridized carbons (Fsp3) is 0.222. The normalized spacial score (nSPS) is 10.6. The maximum atomic E-state index is 11.8. The highest BCUT2D eigenvalue weighted by molar-refractivity contribution is 5.94. The van der Waals surface area contributed by atoms with Crippen LogP contribution < -0.4 is 16.4 Å². The molecule has 0 saturated heterocycles. The fourth-order valence-electron chi connectivity index (χ4n) is 1.97. The molecule has 0 unspecified atom stereocenters. The minimum Gasteiger partial charge on any atom is -0.399 e. The molecule has 0 aliphatic heterocycles. The second kappa shape index (κ2) is 9.17. The van der Waals surface area contributed by atoms with Crippen molar-refractivity contribution in [2.75, 3.05) is 17.6 Å². The van der Waals surface area contributed by atoms with Gasteiger partial charge in [0.1, 0.15) is 0 Å². The van der Waals surface area contributed by atoms with Gasteiger partial charge in [0, 0.05) is 17.8 Å². The number of nitrogens with one attached hydrogen (secondary N) is 2. The Bertz CT molecular complexity index is 739. The summed E-state index contributed by atoms with van der Waals surface area (Å²) >= 11 is 0. The second-order valence-corrected chi connectivity index (χ2v) is 5.41. The standard InChI is InChI=1S/C18H21N5O2/c1-2-3-17(24)20-12-18(25)21-14-8-10-16(11-9-14)23-22-15-6-4-13(19)5-7-15/h4-11H,2-3,12,19H2,1H3,(H,20,24)(H,21,25)/b23-22+. The molecule has 0 aromatic heterocycles. The van der Waals surface area contributed by atoms with Crippen molar-refractivity contribution in [2.45, 2.75) is 19.8 Å². The summed E-state index contributed by atoms with van der Waals surface area (Å²) in [5.74, 6) is -0.406. The Morgan fingerprint density at radius 2 is 1.48 bits per heavy atom. The van der Waals surface area contributed by atoms with E-state index in [-0.39, 0.29) is 18.4 Å². The minimum absolute atomic E-state index is 0.0442. The number of amides is 2. The summed E-state index contributed by atoms with van der Waals surface area (Å²) in [6, 6.07) is 14.0. The molecule has 0 radical (unpaired) electrons. The number of carbonyl (C=O) groups excluding carboxylic acids is 2. The molecule has 130 valence electrons. The SMILES string of the molecule is CCCC(=O)NCC(=O)Nc1ccc(/N=N/c2ccc(N)cc2)cc1. The first-order valence-corrected chi connectivity index (χ1v) is 8.00. The molecular weight excluding hydrogens is 318 g/mol. The lowest BCUT2D eigenvalue weighted by atomic mass is 10.3. The summed E-state index contributed by atoms with van der Waals surface area (Å²) in [5, 5.41) is 13.5. The third kappa shape index (κ3) is 6.42. The Balaban J connectivity index is 1.85. The predicted molar refractivity (Wildman–Crippen MR) is 98.0 cm³/mol. The molecule has 2 rings (SSSR count). The van der Waals surface area contributed by atoms with Gasteiger partial charge in [-0.2, -0.15) is 10.2 Å². The van der Waals surface area contributed by atoms with Gasteiger partial charge in [-0.15, -0.1) is 0 Å². The molecule has 0 fully saturated rings. The van der Waals surface area contributed by atoms with Crippen molar-refractivity contribution in [3.63, 3.8) is 0 Å². The van der Waals surface area contributed by atoms with E-state index < -0.39 is 0 Å². The van der Waals surface area contributed by atoms with Crippen LogP contribution in [0.5, 0.6) is 0 Å². The molecule has 0 bridgehead atoms. The lowest BCUT2D eigenvalue weighted by molar-refractivity contribution is -0.124. The monoisotopic (exact) mass is 339 g/mol. The number of nitrogen functional groups attached to an aromatic ring is 1. The van der Waals surface area contributed by atoms with E-state index in [1.165, 1.54) is 0 Å². The van der Waals surface area contributed by atoms with Crippen LogP contribution >= 0.6 is 0 Å². The van der Waals surface area contributed by atoms with Gasteiger partial charge in [0.25, 0.3) is 0 Å². The Morgan fingerprint density at radius 3 is 2.04 bits per heavy atom. The number of azo groups is 1. The van der Waals surface area contributed by atoms with Crippen molar-refractivity contribution in [1.29, 1.82) is 0 Å². The van der Waals surface area contributed by atoms with E-state index in [9.17, 15) is 9.59 Å². The van der Waals surface area contributed by atoms with Crippen LogP contribution in [-0.4, -0.2) is 18.4 Å². The smallest absolute Gasteiger partial charge is 0.243 e. The third-order valence-electron chi connectivity index (χ3n) is 3.25. The highest BCUT2D eigenvalue weighted by Gasteiger charge is 2.05. The van der Waals surface area contributed by atoms with Gasteiger partial charge in [-0.25, -0.2) is 0 Å². The number of nitrogens with two attached hydrogens (primary N) is 1. The molecule has 2 aromatic carbocycles. The number of hydrogen-bond acceptors (Lipinski definition) is 5. The molecule has 0 heterocycles. The van der Waals surface area contributed by atoms with E-state index in [1.54, 1.807) is 48.5 Å². The Morgan fingerprint density at radius 1 is 0.920 bits per heavy atom. The number of nitrogens with zero attached hydrogens (tertiary/aromatic N) is 2. The van der Waals surface area contributed by atoms with Gasteiger partial charge in [0.2, 0.25) is 11.8 Å². The Hall–Kier alpha value is -3.22. The summed E-state index contributed by atoms with van der Waals surface area (Å²) in [7, 11) is 0. The molecule has 2 aromatic rings. The van der Waals surface area contributed by atoms with Gasteiger partial charge in [0.05, 0.1) is 17.9 Å². The van der Waals surface area contributed by atoms with Gasteiger partial charge in [0.15, 0.2) is 0 Å². The maximum absolute atomic E-state index is 11.8. The first kappa shape index (κ1) is 18.1. The number of carbonyl (C=O) groups is 2. The van der Waals surface area contributed by atoms with Crippen LogP contribution in [0.25, 0.3) is 0 Å². The Kier molecular flexibility index (Phi) is 6.65. The average molecular weight is 339 g/mol. The van der Waals surface area contributed by atoms with Crippen LogP contribution in [0.1, 0.15) is 19.8 Å². The van der Waals surface area contributed by atoms with Crippen LogP contribution in [0.3, 0.4) is 0 Å². The number of anilines is 2. The van der Waals surface area contributed by atoms with Crippen molar-refractivity contribution in [3.05, 3.63) is 48.5 Å². The van der Waals surface area contributed by atoms with Gasteiger partial charge in [-0.05, 0) is 55.0 Å². The van der Waals surface area contributed by atoms with E-state index in [0.717, 1.165) is 6.42 Å². The summed E-state index contributed by atoms with van der Waals surface area (Å²) in [6.45, 7) is 1.86. The molecule has 4 N–H and O–H groups in total. The molecule has 0 saturated carbocycles. The molecule has 7 heteroatoms. The first-order chi connectivity index (χ1) is 12.1. The number of hydrogen-bond donors (Lipinski definition) is 3. The van der Waals surface area contributed by atoms with Crippen LogP contribution in [0, 0.1) is 0 Å². The van der Waals surface area contributed by atoms with Gasteiger partial charge >= 0.3 is 0 Å². The van der Waals surface area contributed by atoms with E-state index in [2.05, 4.69) is 20.9 Å².